The lowest BCUT2D eigenvalue weighted by molar-refractivity contribution is 0.537. The number of benzene rings is 2. The molecule has 3 rings (SSSR count). The van der Waals surface area contributed by atoms with Crippen molar-refractivity contribution in [2.24, 2.45) is 4.99 Å². The summed E-state index contributed by atoms with van der Waals surface area (Å²) in [4.78, 5) is 4.78. The van der Waals surface area contributed by atoms with Crippen LogP contribution in [0.1, 0.15) is 22.3 Å². The highest BCUT2D eigenvalue weighted by atomic mass is 32.2. The molecule has 1 aliphatic heterocycles. The van der Waals surface area contributed by atoms with Crippen LogP contribution in [0.15, 0.2) is 52.4 Å². The molecule has 0 aromatic heterocycles. The summed E-state index contributed by atoms with van der Waals surface area (Å²) in [6, 6.07) is 13.2. The molecule has 0 aliphatic carbocycles. The van der Waals surface area contributed by atoms with Crippen LogP contribution in [0.3, 0.4) is 0 Å². The molecule has 2 aromatic carbocycles. The average Bonchev–Trinajstić information content (AvgIpc) is 3.02. The molecule has 2 aromatic rings. The van der Waals surface area contributed by atoms with Gasteiger partial charge in [0.15, 0.2) is 0 Å². The van der Waals surface area contributed by atoms with Crippen LogP contribution in [-0.4, -0.2) is 31.6 Å². The average molecular weight is 328 g/mol. The summed E-state index contributed by atoms with van der Waals surface area (Å²) in [7, 11) is -3.60. The minimum atomic E-state index is -3.60. The molecule has 0 amide bonds. The third-order valence-electron chi connectivity index (χ3n) is 4.19. The Morgan fingerprint density at radius 1 is 0.957 bits per heavy atom. The smallest absolute Gasteiger partial charge is 0.265 e. The number of sulfonamides is 1. The van der Waals surface area contributed by atoms with Crippen LogP contribution in [0.2, 0.25) is 0 Å². The van der Waals surface area contributed by atoms with Crippen LogP contribution in [0.25, 0.3) is 0 Å². The Hall–Kier alpha value is -2.14. The number of nitrogens with zero attached hydrogens (tertiary/aromatic N) is 2. The first kappa shape index (κ1) is 15.7. The molecule has 4 nitrogen and oxygen atoms in total. The van der Waals surface area contributed by atoms with E-state index in [1.807, 2.05) is 57.2 Å². The van der Waals surface area contributed by atoms with E-state index in [0.29, 0.717) is 23.8 Å². The molecular weight excluding hydrogens is 308 g/mol. The molecule has 0 bridgehead atoms. The fourth-order valence-electron chi connectivity index (χ4n) is 2.82. The summed E-state index contributed by atoms with van der Waals surface area (Å²) in [5.74, 6) is 0.531. The third-order valence-corrected chi connectivity index (χ3v) is 6.12. The van der Waals surface area contributed by atoms with Crippen LogP contribution in [0.4, 0.5) is 0 Å². The number of hydrogen-bond acceptors (Lipinski definition) is 3. The summed E-state index contributed by atoms with van der Waals surface area (Å²) < 4.78 is 27.7. The Labute approximate surface area is 137 Å². The van der Waals surface area contributed by atoms with Crippen molar-refractivity contribution in [3.8, 4) is 0 Å². The Morgan fingerprint density at radius 2 is 1.61 bits per heavy atom. The van der Waals surface area contributed by atoms with Crippen LogP contribution in [0.5, 0.6) is 0 Å². The lowest BCUT2D eigenvalue weighted by Crippen LogP contribution is -2.35. The molecule has 0 unspecified atom stereocenters. The van der Waals surface area contributed by atoms with E-state index in [9.17, 15) is 8.42 Å². The van der Waals surface area contributed by atoms with Crippen molar-refractivity contribution in [2.45, 2.75) is 25.7 Å². The van der Waals surface area contributed by atoms with Crippen molar-refractivity contribution >= 4 is 15.9 Å². The summed E-state index contributed by atoms with van der Waals surface area (Å²) in [5, 5.41) is 0. The minimum absolute atomic E-state index is 0.367. The highest BCUT2D eigenvalue weighted by Crippen LogP contribution is 2.26. The molecule has 120 valence electrons. The third kappa shape index (κ3) is 2.77. The molecule has 0 radical (unpaired) electrons. The van der Waals surface area contributed by atoms with Crippen LogP contribution in [0, 0.1) is 20.8 Å². The first-order valence-corrected chi connectivity index (χ1v) is 9.06. The van der Waals surface area contributed by atoms with Gasteiger partial charge in [-0.1, -0.05) is 36.4 Å². The second-order valence-electron chi connectivity index (χ2n) is 5.85. The normalized spacial score (nSPS) is 14.9. The van der Waals surface area contributed by atoms with Crippen molar-refractivity contribution in [1.29, 1.82) is 0 Å². The number of aryl methyl sites for hydroxylation is 3. The first-order valence-electron chi connectivity index (χ1n) is 7.62. The lowest BCUT2D eigenvalue weighted by Gasteiger charge is -2.22. The molecule has 0 N–H and O–H groups in total. The Balaban J connectivity index is 2.07. The zero-order chi connectivity index (χ0) is 16.6. The van der Waals surface area contributed by atoms with Gasteiger partial charge in [0, 0.05) is 5.56 Å². The Morgan fingerprint density at radius 3 is 2.30 bits per heavy atom. The van der Waals surface area contributed by atoms with E-state index >= 15 is 0 Å². The molecule has 0 spiro atoms. The Bertz CT molecular complexity index is 871. The van der Waals surface area contributed by atoms with Gasteiger partial charge in [-0.2, -0.15) is 0 Å². The van der Waals surface area contributed by atoms with E-state index in [1.54, 1.807) is 6.07 Å². The molecule has 1 aliphatic rings. The minimum Gasteiger partial charge on any atom is -0.265 e. The molecule has 0 fully saturated rings. The van der Waals surface area contributed by atoms with Crippen molar-refractivity contribution in [3.63, 3.8) is 0 Å². The molecule has 23 heavy (non-hydrogen) atoms. The monoisotopic (exact) mass is 328 g/mol. The number of rotatable bonds is 3. The molecule has 0 saturated carbocycles. The van der Waals surface area contributed by atoms with Gasteiger partial charge in [0.05, 0.1) is 18.0 Å². The quantitative estimate of drug-likeness (QED) is 0.869. The van der Waals surface area contributed by atoms with Gasteiger partial charge in [0.1, 0.15) is 5.84 Å². The molecular formula is C18H20N2O2S. The van der Waals surface area contributed by atoms with Crippen molar-refractivity contribution < 1.29 is 8.42 Å². The summed E-state index contributed by atoms with van der Waals surface area (Å²) in [6.45, 7) is 6.65. The largest absolute Gasteiger partial charge is 0.265 e. The highest BCUT2D eigenvalue weighted by molar-refractivity contribution is 7.89. The zero-order valence-electron chi connectivity index (χ0n) is 13.6. The molecule has 0 saturated heterocycles. The van der Waals surface area contributed by atoms with Gasteiger partial charge in [-0.3, -0.25) is 4.99 Å². The zero-order valence-corrected chi connectivity index (χ0v) is 14.4. The van der Waals surface area contributed by atoms with Gasteiger partial charge in [-0.25, -0.2) is 12.7 Å². The summed E-state index contributed by atoms with van der Waals surface area (Å²) >= 11 is 0. The van der Waals surface area contributed by atoms with E-state index in [-0.39, 0.29) is 0 Å². The van der Waals surface area contributed by atoms with Gasteiger partial charge in [-0.05, 0) is 43.5 Å². The maximum absolute atomic E-state index is 13.1. The van der Waals surface area contributed by atoms with Gasteiger partial charge in [-0.15, -0.1) is 0 Å². The summed E-state index contributed by atoms with van der Waals surface area (Å²) in [6.07, 6.45) is 0. The SMILES string of the molecule is Cc1cc(C)c(S(=O)(=O)N2CCN=C2c2ccccc2)cc1C. The van der Waals surface area contributed by atoms with E-state index < -0.39 is 10.0 Å². The van der Waals surface area contributed by atoms with E-state index in [0.717, 1.165) is 22.3 Å². The molecule has 5 heteroatoms. The van der Waals surface area contributed by atoms with Crippen molar-refractivity contribution in [1.82, 2.24) is 4.31 Å². The van der Waals surface area contributed by atoms with Gasteiger partial charge in [0.2, 0.25) is 0 Å². The number of aliphatic imine (C=N–C) groups is 1. The van der Waals surface area contributed by atoms with E-state index in [4.69, 9.17) is 0 Å². The van der Waals surface area contributed by atoms with Crippen molar-refractivity contribution in [2.75, 3.05) is 13.1 Å². The van der Waals surface area contributed by atoms with Crippen LogP contribution >= 0.6 is 0 Å². The second-order valence-corrected chi connectivity index (χ2v) is 7.68. The fourth-order valence-corrected chi connectivity index (χ4v) is 4.56. The van der Waals surface area contributed by atoms with E-state index in [2.05, 4.69) is 4.99 Å². The number of amidine groups is 1. The fraction of sp³-hybridized carbons (Fsp3) is 0.278. The van der Waals surface area contributed by atoms with Crippen molar-refractivity contribution in [3.05, 3.63) is 64.7 Å². The van der Waals surface area contributed by atoms with Crippen LogP contribution < -0.4 is 0 Å². The predicted molar refractivity (Wildman–Crippen MR) is 92.4 cm³/mol. The number of hydrogen-bond donors (Lipinski definition) is 0. The second kappa shape index (κ2) is 5.81. The van der Waals surface area contributed by atoms with Gasteiger partial charge < -0.3 is 0 Å². The lowest BCUT2D eigenvalue weighted by atomic mass is 10.1. The maximum Gasteiger partial charge on any atom is 0.265 e. The van der Waals surface area contributed by atoms with E-state index in [1.165, 1.54) is 4.31 Å². The molecule has 0 atom stereocenters. The van der Waals surface area contributed by atoms with Gasteiger partial charge in [0.25, 0.3) is 10.0 Å². The standard InChI is InChI=1S/C18H20N2O2S/c1-13-11-15(3)17(12-14(13)2)23(21,22)20-10-9-19-18(20)16-7-5-4-6-8-16/h4-8,11-12H,9-10H2,1-3H3. The molecule has 1 heterocycles. The summed E-state index contributed by atoms with van der Waals surface area (Å²) in [5.41, 5.74) is 3.67. The Kier molecular flexibility index (Phi) is 3.98. The first-order chi connectivity index (χ1) is 10.9. The van der Waals surface area contributed by atoms with Crippen LogP contribution in [-0.2, 0) is 10.0 Å². The topological polar surface area (TPSA) is 49.7 Å². The van der Waals surface area contributed by atoms with Gasteiger partial charge >= 0.3 is 0 Å². The highest BCUT2D eigenvalue weighted by Gasteiger charge is 2.32. The predicted octanol–water partition coefficient (Wildman–Crippen LogP) is 3.06. The maximum atomic E-state index is 13.1.